The van der Waals surface area contributed by atoms with Gasteiger partial charge in [-0.25, -0.2) is 14.6 Å². The molecule has 1 unspecified atom stereocenters. The van der Waals surface area contributed by atoms with E-state index in [1.54, 1.807) is 6.92 Å². The third kappa shape index (κ3) is 9.89. The van der Waals surface area contributed by atoms with Crippen molar-refractivity contribution in [1.29, 1.82) is 0 Å². The fourth-order valence-corrected chi connectivity index (χ4v) is 4.99. The van der Waals surface area contributed by atoms with E-state index in [0.717, 1.165) is 0 Å². The Hall–Kier alpha value is -2.88. The fourth-order valence-electron chi connectivity index (χ4n) is 4.99. The minimum Gasteiger partial charge on any atom is -0.479 e. The van der Waals surface area contributed by atoms with Crippen LogP contribution in [0.1, 0.15) is 13.3 Å². The number of hydrogen-bond acceptors (Lipinski definition) is 19. The van der Waals surface area contributed by atoms with Crippen LogP contribution in [0.5, 0.6) is 0 Å². The molecule has 23 nitrogen and oxygen atoms in total. The summed E-state index contributed by atoms with van der Waals surface area (Å²) in [6.07, 6.45) is -31.9. The summed E-state index contributed by atoms with van der Waals surface area (Å²) in [5, 5.41) is 105. The third-order valence-corrected chi connectivity index (χ3v) is 7.60. The van der Waals surface area contributed by atoms with Crippen molar-refractivity contribution in [3.63, 3.8) is 0 Å². The van der Waals surface area contributed by atoms with E-state index in [1.807, 2.05) is 24.5 Å². The number of carboxylic acids is 2. The molecular formula is C26H44N4O19. The predicted molar refractivity (Wildman–Crippen MR) is 154 cm³/mol. The lowest BCUT2D eigenvalue weighted by atomic mass is 9.95. The molecule has 0 radical (unpaired) electrons. The first kappa shape index (κ1) is 40.5. The van der Waals surface area contributed by atoms with Crippen molar-refractivity contribution in [3.8, 4) is 0 Å². The first-order chi connectivity index (χ1) is 23.0. The Morgan fingerprint density at radius 1 is 0.714 bits per heavy atom. The maximum absolute atomic E-state index is 13.5. The number of hydroxylamine groups is 1. The van der Waals surface area contributed by atoms with E-state index in [9.17, 15) is 65.4 Å². The number of carbonyl (C=O) groups is 3. The lowest BCUT2D eigenvalue weighted by Crippen LogP contribution is -2.68. The number of aliphatic hydroxyl groups is 8. The van der Waals surface area contributed by atoms with Gasteiger partial charge in [0.2, 0.25) is 0 Å². The number of ether oxygens (including phenoxy) is 5. The van der Waals surface area contributed by atoms with Gasteiger partial charge in [-0.05, 0) is 34.0 Å². The number of aliphatic imine (C=N–C) groups is 1. The molecule has 3 heterocycles. The smallest absolute Gasteiger partial charge is 0.335 e. The Morgan fingerprint density at radius 2 is 1.24 bits per heavy atom. The largest absolute Gasteiger partial charge is 0.479 e. The Morgan fingerprint density at radius 3 is 1.80 bits per heavy atom. The second-order valence-electron chi connectivity index (χ2n) is 11.6. The van der Waals surface area contributed by atoms with Gasteiger partial charge in [0.15, 0.2) is 37.2 Å². The van der Waals surface area contributed by atoms with E-state index in [1.165, 1.54) is 0 Å². The van der Waals surface area contributed by atoms with E-state index in [0.29, 0.717) is 19.5 Å². The van der Waals surface area contributed by atoms with Crippen molar-refractivity contribution in [2.75, 3.05) is 33.7 Å². The van der Waals surface area contributed by atoms with Crippen LogP contribution in [0.4, 0.5) is 0 Å². The average Bonchev–Trinajstić information content (AvgIpc) is 3.04. The summed E-state index contributed by atoms with van der Waals surface area (Å²) in [7, 11) is 3.71. The second kappa shape index (κ2) is 17.9. The van der Waals surface area contributed by atoms with Gasteiger partial charge in [0.05, 0.1) is 0 Å². The zero-order chi connectivity index (χ0) is 36.7. The predicted octanol–water partition coefficient (Wildman–Crippen LogP) is -7.42. The van der Waals surface area contributed by atoms with Crippen LogP contribution in [0, 0.1) is 0 Å². The molecule has 282 valence electrons. The van der Waals surface area contributed by atoms with Gasteiger partial charge in [0, 0.05) is 13.1 Å². The number of amides is 1. The molecule has 49 heavy (non-hydrogen) atoms. The van der Waals surface area contributed by atoms with E-state index < -0.39 is 110 Å². The highest BCUT2D eigenvalue weighted by atomic mass is 16.8. The van der Waals surface area contributed by atoms with Crippen LogP contribution < -0.4 is 10.8 Å². The molecule has 3 fully saturated rings. The number of amidine groups is 1. The fraction of sp³-hybridized carbons (Fsp3) is 0.846. The standard InChI is InChI=1S/C26H44N4O19/c1-4-27-26(28-6-5-7-30(2)3)49-29-20(38)18-15(45-24-13(36)8(31)9(32)17(47-24)21(39)40)11(34)14(37)25(48-18)46-16-10(33)12(35)23(43)44-19(16)22(41)42/h8-19,23-25,31-37,43H,4-7H2,1-3H3,(H,27,28)(H,29,38)(H,39,40)(H,41,42)/t8-,9+,10+,11+,12+,13+,14+,15+,16+,17-,18-,19-,23?,24-,25-/m0/s1. The normalized spacial score (nSPS) is 40.1. The molecule has 23 heteroatoms. The van der Waals surface area contributed by atoms with Crippen LogP contribution in [-0.4, -0.2) is 206 Å². The third-order valence-electron chi connectivity index (χ3n) is 7.60. The summed E-state index contributed by atoms with van der Waals surface area (Å²) in [5.41, 5.74) is 1.99. The number of aliphatic hydroxyl groups excluding tert-OH is 8. The molecule has 0 bridgehead atoms. The van der Waals surface area contributed by atoms with Gasteiger partial charge in [0.1, 0.15) is 54.9 Å². The van der Waals surface area contributed by atoms with Gasteiger partial charge >= 0.3 is 18.0 Å². The van der Waals surface area contributed by atoms with Crippen LogP contribution >= 0.6 is 0 Å². The minimum absolute atomic E-state index is 0.164. The molecule has 0 saturated carbocycles. The van der Waals surface area contributed by atoms with E-state index in [4.69, 9.17) is 28.5 Å². The van der Waals surface area contributed by atoms with E-state index in [2.05, 4.69) is 10.3 Å². The monoisotopic (exact) mass is 716 g/mol. The molecule has 0 aromatic rings. The molecule has 0 aromatic heterocycles. The van der Waals surface area contributed by atoms with Gasteiger partial charge in [-0.1, -0.05) is 0 Å². The molecule has 15 atom stereocenters. The van der Waals surface area contributed by atoms with Gasteiger partial charge in [-0.2, -0.15) is 5.48 Å². The summed E-state index contributed by atoms with van der Waals surface area (Å²) < 4.78 is 26.2. The second-order valence-corrected chi connectivity index (χ2v) is 11.6. The number of carbonyl (C=O) groups excluding carboxylic acids is 1. The van der Waals surface area contributed by atoms with Crippen LogP contribution in [0.25, 0.3) is 0 Å². The molecule has 3 aliphatic heterocycles. The van der Waals surface area contributed by atoms with Crippen molar-refractivity contribution in [1.82, 2.24) is 15.7 Å². The summed E-state index contributed by atoms with van der Waals surface area (Å²) in [5.74, 6) is -4.87. The number of aliphatic carboxylic acids is 2. The van der Waals surface area contributed by atoms with Gasteiger partial charge in [-0.3, -0.25) is 4.79 Å². The lowest BCUT2D eigenvalue weighted by Gasteiger charge is -2.47. The van der Waals surface area contributed by atoms with Crippen LogP contribution in [0.2, 0.25) is 0 Å². The first-order valence-electron chi connectivity index (χ1n) is 15.1. The summed E-state index contributed by atoms with van der Waals surface area (Å²) in [6, 6.07) is -0.164. The SMILES string of the molecule is CCNC(=NCCCN(C)C)ONC(=O)[C@H]1O[C@H](O[C@@H]2[C@H](O)[C@@H](O)C(O)O[C@@H]2C(=O)O)[C@H](O)[C@@H](O)[C@H]1O[C@H]1O[C@H](C(=O)O)[C@H](O)[C@H](O)[C@H]1O. The molecule has 3 rings (SSSR count). The Labute approximate surface area is 278 Å². The number of hydrogen-bond donors (Lipinski definition) is 12. The summed E-state index contributed by atoms with van der Waals surface area (Å²) >= 11 is 0. The summed E-state index contributed by atoms with van der Waals surface area (Å²) in [4.78, 5) is 48.2. The topological polar surface area (TPSA) is 349 Å². The zero-order valence-electron chi connectivity index (χ0n) is 26.5. The van der Waals surface area contributed by atoms with Gasteiger partial charge in [-0.15, -0.1) is 0 Å². The van der Waals surface area contributed by atoms with Crippen LogP contribution in [0.3, 0.4) is 0 Å². The Kier molecular flexibility index (Phi) is 14.8. The molecule has 1 amide bonds. The van der Waals surface area contributed by atoms with Crippen molar-refractivity contribution < 1.29 is 94.0 Å². The molecular weight excluding hydrogens is 672 g/mol. The maximum Gasteiger partial charge on any atom is 0.335 e. The molecule has 0 spiro atoms. The quantitative estimate of drug-likeness (QED) is 0.0386. The van der Waals surface area contributed by atoms with Crippen LogP contribution in [-0.2, 0) is 42.9 Å². The number of rotatable bonds is 12. The molecule has 12 N–H and O–H groups in total. The highest BCUT2D eigenvalue weighted by molar-refractivity contribution is 5.83. The lowest BCUT2D eigenvalue weighted by molar-refractivity contribution is -0.367. The highest BCUT2D eigenvalue weighted by Gasteiger charge is 2.56. The Balaban J connectivity index is 1.90. The van der Waals surface area contributed by atoms with Crippen molar-refractivity contribution >= 4 is 23.9 Å². The number of nitrogens with zero attached hydrogens (tertiary/aromatic N) is 2. The molecule has 0 aliphatic carbocycles. The first-order valence-corrected chi connectivity index (χ1v) is 15.1. The van der Waals surface area contributed by atoms with Crippen molar-refractivity contribution in [3.05, 3.63) is 0 Å². The highest BCUT2D eigenvalue weighted by Crippen LogP contribution is 2.32. The molecule has 3 saturated heterocycles. The van der Waals surface area contributed by atoms with Crippen molar-refractivity contribution in [2.45, 2.75) is 105 Å². The van der Waals surface area contributed by atoms with E-state index >= 15 is 0 Å². The molecule has 0 aromatic carbocycles. The van der Waals surface area contributed by atoms with E-state index in [-0.39, 0.29) is 12.6 Å². The molecule has 3 aliphatic rings. The number of nitrogens with one attached hydrogen (secondary N) is 2. The maximum atomic E-state index is 13.5. The van der Waals surface area contributed by atoms with Gasteiger partial charge in [0.25, 0.3) is 5.91 Å². The Bertz CT molecular complexity index is 1150. The number of carboxylic acid groups (broad SMARTS) is 2. The average molecular weight is 717 g/mol. The van der Waals surface area contributed by atoms with Gasteiger partial charge < -0.3 is 89.8 Å². The van der Waals surface area contributed by atoms with Crippen molar-refractivity contribution in [2.24, 2.45) is 4.99 Å². The summed E-state index contributed by atoms with van der Waals surface area (Å²) in [6.45, 7) is 2.93. The zero-order valence-corrected chi connectivity index (χ0v) is 26.5. The minimum atomic E-state index is -2.29. The van der Waals surface area contributed by atoms with Crippen LogP contribution in [0.15, 0.2) is 4.99 Å².